The number of aromatic nitrogens is 3. The zero-order valence-corrected chi connectivity index (χ0v) is 21.2. The maximum absolute atomic E-state index is 6.02. The zero-order chi connectivity index (χ0) is 21.1. The van der Waals surface area contributed by atoms with E-state index in [-0.39, 0.29) is 24.0 Å². The Bertz CT molecular complexity index is 1160. The minimum atomic E-state index is 0. The average molecular weight is 550 g/mol. The van der Waals surface area contributed by atoms with Gasteiger partial charge in [0.1, 0.15) is 5.76 Å². The molecule has 31 heavy (non-hydrogen) atoms. The number of hydrogen-bond acceptors (Lipinski definition) is 5. The molecule has 164 valence electrons. The van der Waals surface area contributed by atoms with Gasteiger partial charge in [-0.25, -0.2) is 9.98 Å². The molecule has 2 N–H and O–H groups in total. The van der Waals surface area contributed by atoms with Crippen LogP contribution in [0, 0.1) is 13.8 Å². The molecule has 0 aliphatic heterocycles. The lowest BCUT2D eigenvalue weighted by molar-refractivity contribution is 0.513. The Balaban J connectivity index is 0.00000272. The number of furan rings is 1. The highest BCUT2D eigenvalue weighted by molar-refractivity contribution is 14.0. The van der Waals surface area contributed by atoms with E-state index in [1.807, 2.05) is 49.0 Å². The molecule has 0 saturated heterocycles. The van der Waals surface area contributed by atoms with E-state index < -0.39 is 0 Å². The lowest BCUT2D eigenvalue weighted by Crippen LogP contribution is -2.36. The van der Waals surface area contributed by atoms with Crippen LogP contribution in [0.3, 0.4) is 0 Å². The topological polar surface area (TPSA) is 80.3 Å². The molecule has 4 rings (SSSR count). The van der Waals surface area contributed by atoms with Crippen molar-refractivity contribution in [1.82, 2.24) is 25.4 Å². The zero-order valence-electron chi connectivity index (χ0n) is 18.1. The minimum Gasteiger partial charge on any atom is -0.457 e. The van der Waals surface area contributed by atoms with Crippen molar-refractivity contribution < 1.29 is 4.42 Å². The molecular formula is C22H27IN6OS. The third-order valence-electron chi connectivity index (χ3n) is 4.99. The first-order valence-electron chi connectivity index (χ1n) is 10.0. The second kappa shape index (κ2) is 10.3. The first-order chi connectivity index (χ1) is 14.5. The highest BCUT2D eigenvalue weighted by Crippen LogP contribution is 2.31. The number of aryl methyl sites for hydroxylation is 2. The Morgan fingerprint density at radius 2 is 1.97 bits per heavy atom. The Hall–Kier alpha value is -2.40. The molecule has 0 fully saturated rings. The first-order valence-corrected chi connectivity index (χ1v) is 10.8. The number of nitrogens with one attached hydrogen (secondary N) is 2. The summed E-state index contributed by atoms with van der Waals surface area (Å²) in [5.41, 5.74) is 4.31. The van der Waals surface area contributed by atoms with Crippen LogP contribution in [0.25, 0.3) is 21.0 Å². The van der Waals surface area contributed by atoms with Gasteiger partial charge in [-0.3, -0.25) is 4.68 Å². The SMILES string of the molecule is CCNC(=NCc1c(C)nn(C)c1C)NCc1ccc(-c2nc3ccccc3s2)o1.I. The third-order valence-corrected chi connectivity index (χ3v) is 6.05. The van der Waals surface area contributed by atoms with Crippen molar-refractivity contribution in [2.24, 2.45) is 12.0 Å². The minimum absolute atomic E-state index is 0. The van der Waals surface area contributed by atoms with Gasteiger partial charge < -0.3 is 15.1 Å². The molecule has 0 atom stereocenters. The standard InChI is InChI=1S/C22H26N6OS.HI/c1-5-23-22(25-13-17-14(2)27-28(4)15(17)3)24-12-16-10-11-19(29-16)21-26-18-8-6-7-9-20(18)30-21;/h6-11H,5,12-13H2,1-4H3,(H2,23,24,25);1H. The summed E-state index contributed by atoms with van der Waals surface area (Å²) < 4.78 is 9.08. The maximum Gasteiger partial charge on any atom is 0.191 e. The van der Waals surface area contributed by atoms with Crippen molar-refractivity contribution in [3.8, 4) is 10.8 Å². The van der Waals surface area contributed by atoms with Crippen LogP contribution in [0.1, 0.15) is 29.6 Å². The number of fused-ring (bicyclic) bond motifs is 1. The normalized spacial score (nSPS) is 11.5. The Labute approximate surface area is 203 Å². The van der Waals surface area contributed by atoms with Crippen LogP contribution < -0.4 is 10.6 Å². The molecule has 0 saturated carbocycles. The molecule has 0 aliphatic rings. The molecule has 3 heterocycles. The van der Waals surface area contributed by atoms with Crippen LogP contribution in [0.4, 0.5) is 0 Å². The predicted molar refractivity (Wildman–Crippen MR) is 137 cm³/mol. The number of thiazole rings is 1. The van der Waals surface area contributed by atoms with Crippen molar-refractivity contribution in [3.63, 3.8) is 0 Å². The highest BCUT2D eigenvalue weighted by Gasteiger charge is 2.12. The summed E-state index contributed by atoms with van der Waals surface area (Å²) >= 11 is 1.64. The summed E-state index contributed by atoms with van der Waals surface area (Å²) in [7, 11) is 1.96. The van der Waals surface area contributed by atoms with Gasteiger partial charge >= 0.3 is 0 Å². The van der Waals surface area contributed by atoms with Gasteiger partial charge in [0.25, 0.3) is 0 Å². The van der Waals surface area contributed by atoms with E-state index in [1.165, 1.54) is 0 Å². The number of aliphatic imine (C=N–C) groups is 1. The Kier molecular flexibility index (Phi) is 7.71. The number of nitrogens with zero attached hydrogens (tertiary/aromatic N) is 4. The van der Waals surface area contributed by atoms with Gasteiger partial charge in [0, 0.05) is 24.8 Å². The van der Waals surface area contributed by atoms with Crippen molar-refractivity contribution in [2.45, 2.75) is 33.9 Å². The summed E-state index contributed by atoms with van der Waals surface area (Å²) in [6.45, 7) is 8.04. The summed E-state index contributed by atoms with van der Waals surface area (Å²) in [6.07, 6.45) is 0. The van der Waals surface area contributed by atoms with E-state index in [9.17, 15) is 0 Å². The lowest BCUT2D eigenvalue weighted by Gasteiger charge is -2.10. The molecule has 3 aromatic heterocycles. The van der Waals surface area contributed by atoms with Gasteiger partial charge in [0.2, 0.25) is 0 Å². The van der Waals surface area contributed by atoms with Gasteiger partial charge in [-0.05, 0) is 45.0 Å². The van der Waals surface area contributed by atoms with Gasteiger partial charge in [0.15, 0.2) is 16.7 Å². The van der Waals surface area contributed by atoms with Crippen LogP contribution in [0.15, 0.2) is 45.8 Å². The molecule has 7 nitrogen and oxygen atoms in total. The number of hydrogen-bond donors (Lipinski definition) is 2. The van der Waals surface area contributed by atoms with Crippen molar-refractivity contribution in [2.75, 3.05) is 6.54 Å². The largest absolute Gasteiger partial charge is 0.457 e. The second-order valence-corrected chi connectivity index (χ2v) is 8.11. The van der Waals surface area contributed by atoms with Crippen LogP contribution in [0.5, 0.6) is 0 Å². The molecule has 0 amide bonds. The molecule has 0 bridgehead atoms. The molecule has 0 aliphatic carbocycles. The van der Waals surface area contributed by atoms with E-state index >= 15 is 0 Å². The fourth-order valence-corrected chi connectivity index (χ4v) is 4.21. The number of benzene rings is 1. The smallest absolute Gasteiger partial charge is 0.191 e. The molecule has 4 aromatic rings. The maximum atomic E-state index is 6.02. The summed E-state index contributed by atoms with van der Waals surface area (Å²) in [4.78, 5) is 9.38. The van der Waals surface area contributed by atoms with Crippen LogP contribution in [0.2, 0.25) is 0 Å². The van der Waals surface area contributed by atoms with E-state index in [0.29, 0.717) is 13.1 Å². The fourth-order valence-electron chi connectivity index (χ4n) is 3.28. The predicted octanol–water partition coefficient (Wildman–Crippen LogP) is 4.78. The number of para-hydroxylation sites is 1. The molecule has 0 spiro atoms. The lowest BCUT2D eigenvalue weighted by atomic mass is 10.2. The molecule has 1 aromatic carbocycles. The van der Waals surface area contributed by atoms with Crippen molar-refractivity contribution in [3.05, 3.63) is 59.1 Å². The first kappa shape index (κ1) is 23.3. The highest BCUT2D eigenvalue weighted by atomic mass is 127. The number of halogens is 1. The number of rotatable bonds is 6. The summed E-state index contributed by atoms with van der Waals surface area (Å²) in [5.74, 6) is 2.37. The molecule has 0 unspecified atom stereocenters. The molecule has 0 radical (unpaired) electrons. The van der Waals surface area contributed by atoms with Crippen molar-refractivity contribution in [1.29, 1.82) is 0 Å². The van der Waals surface area contributed by atoms with Crippen LogP contribution >= 0.6 is 35.3 Å². The van der Waals surface area contributed by atoms with Gasteiger partial charge in [-0.1, -0.05) is 12.1 Å². The average Bonchev–Trinajstić information content (AvgIpc) is 3.43. The molecule has 9 heteroatoms. The third kappa shape index (κ3) is 5.27. The van der Waals surface area contributed by atoms with E-state index in [0.717, 1.165) is 56.2 Å². The van der Waals surface area contributed by atoms with E-state index in [1.54, 1.807) is 11.3 Å². The van der Waals surface area contributed by atoms with Crippen LogP contribution in [-0.4, -0.2) is 27.3 Å². The van der Waals surface area contributed by atoms with E-state index in [4.69, 9.17) is 9.41 Å². The van der Waals surface area contributed by atoms with Gasteiger partial charge in [-0.15, -0.1) is 35.3 Å². The fraction of sp³-hybridized carbons (Fsp3) is 0.318. The summed E-state index contributed by atoms with van der Waals surface area (Å²) in [5, 5.41) is 12.0. The van der Waals surface area contributed by atoms with E-state index in [2.05, 4.69) is 40.6 Å². The summed E-state index contributed by atoms with van der Waals surface area (Å²) in [6, 6.07) is 12.1. The Morgan fingerprint density at radius 3 is 2.68 bits per heavy atom. The Morgan fingerprint density at radius 1 is 1.16 bits per heavy atom. The van der Waals surface area contributed by atoms with Gasteiger partial charge in [0.05, 0.1) is 29.0 Å². The number of guanidine groups is 1. The van der Waals surface area contributed by atoms with Gasteiger partial charge in [-0.2, -0.15) is 5.10 Å². The second-order valence-electron chi connectivity index (χ2n) is 7.07. The van der Waals surface area contributed by atoms with Crippen LogP contribution in [-0.2, 0) is 20.1 Å². The quantitative estimate of drug-likeness (QED) is 0.205. The van der Waals surface area contributed by atoms with Crippen molar-refractivity contribution >= 4 is 51.5 Å². The monoisotopic (exact) mass is 550 g/mol. The molecular weight excluding hydrogens is 523 g/mol.